The molecule has 8 heteroatoms. The molecule has 1 fully saturated rings. The normalized spacial score (nSPS) is 17.4. The van der Waals surface area contributed by atoms with Gasteiger partial charge in [-0.05, 0) is 44.1 Å². The van der Waals surface area contributed by atoms with Crippen molar-refractivity contribution in [3.8, 4) is 0 Å². The summed E-state index contributed by atoms with van der Waals surface area (Å²) in [5.41, 5.74) is 0.400. The first-order valence-electron chi connectivity index (χ1n) is 7.62. The number of nitrogens with one attached hydrogen (secondary N) is 2. The zero-order chi connectivity index (χ0) is 16.9. The second-order valence-corrected chi connectivity index (χ2v) is 7.40. The van der Waals surface area contributed by atoms with Crippen molar-refractivity contribution in [1.29, 1.82) is 0 Å². The Bertz CT molecular complexity index is 679. The van der Waals surface area contributed by atoms with Crippen molar-refractivity contribution in [2.75, 3.05) is 33.2 Å². The molecule has 1 saturated heterocycles. The van der Waals surface area contributed by atoms with Crippen molar-refractivity contribution < 1.29 is 13.2 Å². The number of benzene rings is 1. The van der Waals surface area contributed by atoms with Gasteiger partial charge >= 0.3 is 0 Å². The molecule has 1 aromatic rings. The lowest BCUT2D eigenvalue weighted by Gasteiger charge is -2.17. The molecule has 24 heavy (non-hydrogen) atoms. The maximum Gasteiger partial charge on any atom is 0.253 e. The maximum absolute atomic E-state index is 12.6. The van der Waals surface area contributed by atoms with Gasteiger partial charge in [-0.2, -0.15) is 0 Å². The van der Waals surface area contributed by atoms with Crippen molar-refractivity contribution in [3.63, 3.8) is 0 Å². The zero-order valence-electron chi connectivity index (χ0n) is 13.7. The van der Waals surface area contributed by atoms with E-state index in [0.29, 0.717) is 24.6 Å². The van der Waals surface area contributed by atoms with Gasteiger partial charge in [0.15, 0.2) is 0 Å². The number of sulfonamides is 1. The Hall–Kier alpha value is -1.41. The van der Waals surface area contributed by atoms with Gasteiger partial charge in [0.1, 0.15) is 0 Å². The number of amides is 1. The molecule has 1 aromatic carbocycles. The molecule has 2 rings (SSSR count). The number of halogens is 1. The lowest BCUT2D eigenvalue weighted by atomic mass is 10.1. The van der Waals surface area contributed by atoms with Crippen LogP contribution in [0.25, 0.3) is 0 Å². The molecular formula is C16H24ClN3O3S. The van der Waals surface area contributed by atoms with Crippen LogP contribution in [0.4, 0.5) is 0 Å². The summed E-state index contributed by atoms with van der Waals surface area (Å²) in [5.74, 6) is 0.328. The Kier molecular flexibility index (Phi) is 7.89. The van der Waals surface area contributed by atoms with Crippen LogP contribution in [-0.2, 0) is 10.0 Å². The van der Waals surface area contributed by atoms with E-state index < -0.39 is 10.0 Å². The minimum atomic E-state index is -3.62. The monoisotopic (exact) mass is 373 g/mol. The van der Waals surface area contributed by atoms with Crippen molar-refractivity contribution in [2.45, 2.75) is 11.3 Å². The van der Waals surface area contributed by atoms with Gasteiger partial charge in [0.2, 0.25) is 10.0 Å². The fraction of sp³-hybridized carbons (Fsp3) is 0.438. The fourth-order valence-corrected chi connectivity index (χ4v) is 3.75. The van der Waals surface area contributed by atoms with E-state index >= 15 is 0 Å². The molecule has 0 aliphatic carbocycles. The summed E-state index contributed by atoms with van der Waals surface area (Å²) in [6.07, 6.45) is 2.43. The minimum Gasteiger partial charge on any atom is -0.338 e. The summed E-state index contributed by atoms with van der Waals surface area (Å²) in [6, 6.07) is 6.16. The Labute approximate surface area is 149 Å². The second kappa shape index (κ2) is 9.17. The number of hydrogen-bond acceptors (Lipinski definition) is 4. The van der Waals surface area contributed by atoms with Gasteiger partial charge in [-0.3, -0.25) is 4.79 Å². The molecule has 0 saturated carbocycles. The first-order valence-corrected chi connectivity index (χ1v) is 9.10. The largest absolute Gasteiger partial charge is 0.338 e. The third kappa shape index (κ3) is 5.04. The number of likely N-dealkylation sites (tertiary alicyclic amines) is 1. The molecule has 0 spiro atoms. The molecule has 1 amide bonds. The van der Waals surface area contributed by atoms with E-state index in [0.717, 1.165) is 13.0 Å². The molecule has 1 unspecified atom stereocenters. The summed E-state index contributed by atoms with van der Waals surface area (Å²) in [7, 11) is -1.73. The lowest BCUT2D eigenvalue weighted by molar-refractivity contribution is 0.0787. The highest BCUT2D eigenvalue weighted by Gasteiger charge is 2.27. The lowest BCUT2D eigenvalue weighted by Crippen LogP contribution is -2.30. The highest BCUT2D eigenvalue weighted by molar-refractivity contribution is 7.89. The molecule has 1 heterocycles. The topological polar surface area (TPSA) is 78.5 Å². The van der Waals surface area contributed by atoms with Crippen molar-refractivity contribution >= 4 is 28.3 Å². The summed E-state index contributed by atoms with van der Waals surface area (Å²) in [4.78, 5) is 14.4. The van der Waals surface area contributed by atoms with E-state index in [-0.39, 0.29) is 29.8 Å². The van der Waals surface area contributed by atoms with Crippen LogP contribution >= 0.6 is 12.4 Å². The van der Waals surface area contributed by atoms with E-state index in [1.165, 1.54) is 18.2 Å². The van der Waals surface area contributed by atoms with Gasteiger partial charge in [-0.25, -0.2) is 13.1 Å². The number of hydrogen-bond donors (Lipinski definition) is 2. The average molecular weight is 374 g/mol. The molecule has 2 N–H and O–H groups in total. The molecule has 0 bridgehead atoms. The minimum absolute atomic E-state index is 0. The van der Waals surface area contributed by atoms with Crippen LogP contribution in [0.3, 0.4) is 0 Å². The van der Waals surface area contributed by atoms with Crippen LogP contribution in [-0.4, -0.2) is 52.5 Å². The summed E-state index contributed by atoms with van der Waals surface area (Å²) in [5, 5.41) is 3.12. The van der Waals surface area contributed by atoms with E-state index in [1.807, 2.05) is 7.05 Å². The SMILES string of the molecule is C=CCNS(=O)(=O)c1cccc(C(=O)N2CCC(CNC)C2)c1.Cl. The van der Waals surface area contributed by atoms with E-state index in [2.05, 4.69) is 16.6 Å². The Balaban J connectivity index is 0.00000288. The van der Waals surface area contributed by atoms with Crippen LogP contribution < -0.4 is 10.0 Å². The molecule has 0 radical (unpaired) electrons. The van der Waals surface area contributed by atoms with Gasteiger partial charge in [0.25, 0.3) is 5.91 Å². The molecule has 1 aliphatic heterocycles. The first kappa shape index (κ1) is 20.6. The predicted molar refractivity (Wildman–Crippen MR) is 97.0 cm³/mol. The number of rotatable bonds is 7. The average Bonchev–Trinajstić information content (AvgIpc) is 3.01. The first-order chi connectivity index (χ1) is 11.0. The molecule has 6 nitrogen and oxygen atoms in total. The highest BCUT2D eigenvalue weighted by atomic mass is 35.5. The van der Waals surface area contributed by atoms with Gasteiger partial charge < -0.3 is 10.2 Å². The van der Waals surface area contributed by atoms with Gasteiger partial charge in [-0.15, -0.1) is 19.0 Å². The number of carbonyl (C=O) groups is 1. The third-order valence-electron chi connectivity index (χ3n) is 3.87. The van der Waals surface area contributed by atoms with Crippen LogP contribution in [0.5, 0.6) is 0 Å². The van der Waals surface area contributed by atoms with Gasteiger partial charge in [-0.1, -0.05) is 12.1 Å². The molecule has 0 aromatic heterocycles. The third-order valence-corrected chi connectivity index (χ3v) is 5.30. The van der Waals surface area contributed by atoms with Crippen LogP contribution in [0.15, 0.2) is 41.8 Å². The zero-order valence-corrected chi connectivity index (χ0v) is 15.3. The molecular weight excluding hydrogens is 350 g/mol. The van der Waals surface area contributed by atoms with Crippen molar-refractivity contribution in [2.24, 2.45) is 5.92 Å². The van der Waals surface area contributed by atoms with Crippen LogP contribution in [0, 0.1) is 5.92 Å². The molecule has 1 atom stereocenters. The smallest absolute Gasteiger partial charge is 0.253 e. The predicted octanol–water partition coefficient (Wildman–Crippen LogP) is 1.25. The molecule has 134 valence electrons. The van der Waals surface area contributed by atoms with Crippen molar-refractivity contribution in [1.82, 2.24) is 14.9 Å². The van der Waals surface area contributed by atoms with E-state index in [9.17, 15) is 13.2 Å². The molecule has 1 aliphatic rings. The second-order valence-electron chi connectivity index (χ2n) is 5.63. The maximum atomic E-state index is 12.6. The van der Waals surface area contributed by atoms with Crippen molar-refractivity contribution in [3.05, 3.63) is 42.5 Å². The van der Waals surface area contributed by atoms with Gasteiger partial charge in [0, 0.05) is 25.2 Å². The summed E-state index contributed by atoms with van der Waals surface area (Å²) < 4.78 is 26.7. The van der Waals surface area contributed by atoms with Crippen LogP contribution in [0.2, 0.25) is 0 Å². The highest BCUT2D eigenvalue weighted by Crippen LogP contribution is 2.19. The van der Waals surface area contributed by atoms with E-state index in [1.54, 1.807) is 17.0 Å². The Morgan fingerprint density at radius 3 is 2.88 bits per heavy atom. The van der Waals surface area contributed by atoms with Gasteiger partial charge in [0.05, 0.1) is 4.90 Å². The Morgan fingerprint density at radius 1 is 1.46 bits per heavy atom. The fourth-order valence-electron chi connectivity index (χ4n) is 2.70. The van der Waals surface area contributed by atoms with Crippen LogP contribution in [0.1, 0.15) is 16.8 Å². The Morgan fingerprint density at radius 2 is 2.21 bits per heavy atom. The number of nitrogens with zero attached hydrogens (tertiary/aromatic N) is 1. The number of carbonyl (C=O) groups excluding carboxylic acids is 1. The quantitative estimate of drug-likeness (QED) is 0.705. The van der Waals surface area contributed by atoms with E-state index in [4.69, 9.17) is 0 Å². The summed E-state index contributed by atoms with van der Waals surface area (Å²) >= 11 is 0. The summed E-state index contributed by atoms with van der Waals surface area (Å²) in [6.45, 7) is 5.92. The standard InChI is InChI=1S/C16H23N3O3S.ClH/c1-3-8-18-23(21,22)15-6-4-5-14(10-15)16(20)19-9-7-13(12-19)11-17-2;/h3-6,10,13,17-18H,1,7-9,11-12H2,2H3;1H.